The number of nitrogens with zero attached hydrogens (tertiary/aromatic N) is 1. The first-order valence-electron chi connectivity index (χ1n) is 7.87. The lowest BCUT2D eigenvalue weighted by Crippen LogP contribution is -2.17. The zero-order valence-electron chi connectivity index (χ0n) is 13.6. The highest BCUT2D eigenvalue weighted by molar-refractivity contribution is 7.13. The molecule has 1 heterocycles. The molecular formula is C17H25N3OS. The first-order valence-corrected chi connectivity index (χ1v) is 8.75. The second-order valence-electron chi connectivity index (χ2n) is 5.43. The highest BCUT2D eigenvalue weighted by Crippen LogP contribution is 2.29. The average molecular weight is 319 g/mol. The summed E-state index contributed by atoms with van der Waals surface area (Å²) in [5.74, 6) is 0.860. The van der Waals surface area contributed by atoms with Gasteiger partial charge in [-0.2, -0.15) is 0 Å². The van der Waals surface area contributed by atoms with Gasteiger partial charge in [0.15, 0.2) is 5.13 Å². The normalized spacial score (nSPS) is 10.9. The van der Waals surface area contributed by atoms with Crippen molar-refractivity contribution in [2.24, 2.45) is 0 Å². The monoisotopic (exact) mass is 319 g/mol. The summed E-state index contributed by atoms with van der Waals surface area (Å²) >= 11 is 1.63. The van der Waals surface area contributed by atoms with Crippen LogP contribution in [0, 0.1) is 0 Å². The first-order chi connectivity index (χ1) is 10.7. The predicted molar refractivity (Wildman–Crippen MR) is 94.5 cm³/mol. The molecule has 2 N–H and O–H groups in total. The molecule has 0 bridgehead atoms. The summed E-state index contributed by atoms with van der Waals surface area (Å²) in [6.07, 6.45) is 2.28. The Morgan fingerprint density at radius 2 is 2.05 bits per heavy atom. The minimum atomic E-state index is 0.152. The summed E-state index contributed by atoms with van der Waals surface area (Å²) in [6.45, 7) is 8.27. The van der Waals surface area contributed by atoms with Crippen molar-refractivity contribution in [1.82, 2.24) is 10.3 Å². The van der Waals surface area contributed by atoms with E-state index in [4.69, 9.17) is 4.74 Å². The SMILES string of the molecule is CCCNCCc1csc(Nc2ccccc2OC(C)C)n1. The van der Waals surface area contributed by atoms with Gasteiger partial charge in [-0.1, -0.05) is 19.1 Å². The molecule has 2 rings (SSSR count). The highest BCUT2D eigenvalue weighted by atomic mass is 32.1. The average Bonchev–Trinajstić information content (AvgIpc) is 2.93. The van der Waals surface area contributed by atoms with Gasteiger partial charge >= 0.3 is 0 Å². The summed E-state index contributed by atoms with van der Waals surface area (Å²) in [5, 5.41) is 9.78. The van der Waals surface area contributed by atoms with Crippen LogP contribution in [0.15, 0.2) is 29.6 Å². The molecule has 0 unspecified atom stereocenters. The van der Waals surface area contributed by atoms with Crippen molar-refractivity contribution in [3.63, 3.8) is 0 Å². The maximum atomic E-state index is 5.82. The van der Waals surface area contributed by atoms with Crippen LogP contribution in [0.4, 0.5) is 10.8 Å². The lowest BCUT2D eigenvalue weighted by molar-refractivity contribution is 0.244. The number of aromatic nitrogens is 1. The molecular weight excluding hydrogens is 294 g/mol. The van der Waals surface area contributed by atoms with E-state index < -0.39 is 0 Å². The molecule has 5 heteroatoms. The van der Waals surface area contributed by atoms with Crippen molar-refractivity contribution >= 4 is 22.2 Å². The summed E-state index contributed by atoms with van der Waals surface area (Å²) < 4.78 is 5.82. The molecule has 0 aliphatic rings. The van der Waals surface area contributed by atoms with Crippen molar-refractivity contribution < 1.29 is 4.74 Å². The lowest BCUT2D eigenvalue weighted by atomic mass is 10.3. The summed E-state index contributed by atoms with van der Waals surface area (Å²) in [7, 11) is 0. The van der Waals surface area contributed by atoms with Crippen molar-refractivity contribution in [1.29, 1.82) is 0 Å². The molecule has 0 spiro atoms. The van der Waals surface area contributed by atoms with Crippen LogP contribution in [-0.2, 0) is 6.42 Å². The molecule has 1 aromatic heterocycles. The van der Waals surface area contributed by atoms with Crippen molar-refractivity contribution in [2.75, 3.05) is 18.4 Å². The molecule has 0 saturated carbocycles. The number of hydrogen-bond acceptors (Lipinski definition) is 5. The quantitative estimate of drug-likeness (QED) is 0.680. The van der Waals surface area contributed by atoms with Gasteiger partial charge in [0.1, 0.15) is 5.75 Å². The number of hydrogen-bond donors (Lipinski definition) is 2. The fourth-order valence-electron chi connectivity index (χ4n) is 2.04. The van der Waals surface area contributed by atoms with Crippen LogP contribution in [0.2, 0.25) is 0 Å². The summed E-state index contributed by atoms with van der Waals surface area (Å²) in [4.78, 5) is 4.64. The Hall–Kier alpha value is -1.59. The van der Waals surface area contributed by atoms with Crippen molar-refractivity contribution in [3.05, 3.63) is 35.3 Å². The van der Waals surface area contributed by atoms with Gasteiger partial charge in [-0.3, -0.25) is 0 Å². The largest absolute Gasteiger partial charge is 0.489 e. The van der Waals surface area contributed by atoms with Gasteiger partial charge in [0.25, 0.3) is 0 Å². The van der Waals surface area contributed by atoms with Crippen LogP contribution in [0.5, 0.6) is 5.75 Å². The van der Waals surface area contributed by atoms with E-state index in [0.717, 1.165) is 48.2 Å². The zero-order valence-corrected chi connectivity index (χ0v) is 14.4. The van der Waals surface area contributed by atoms with E-state index >= 15 is 0 Å². The Bertz CT molecular complexity index is 569. The second kappa shape index (κ2) is 8.76. The van der Waals surface area contributed by atoms with E-state index in [2.05, 4.69) is 27.9 Å². The van der Waals surface area contributed by atoms with Gasteiger partial charge in [0, 0.05) is 18.3 Å². The number of ether oxygens (including phenoxy) is 1. The van der Waals surface area contributed by atoms with Crippen molar-refractivity contribution in [3.8, 4) is 5.75 Å². The topological polar surface area (TPSA) is 46.2 Å². The molecule has 0 aliphatic carbocycles. The number of para-hydroxylation sites is 2. The minimum Gasteiger partial charge on any atom is -0.489 e. The third-order valence-corrected chi connectivity index (χ3v) is 3.83. The van der Waals surface area contributed by atoms with E-state index in [-0.39, 0.29) is 6.10 Å². The van der Waals surface area contributed by atoms with Gasteiger partial charge in [-0.25, -0.2) is 4.98 Å². The fourth-order valence-corrected chi connectivity index (χ4v) is 2.80. The molecule has 1 aromatic carbocycles. The second-order valence-corrected chi connectivity index (χ2v) is 6.29. The van der Waals surface area contributed by atoms with E-state index in [1.54, 1.807) is 11.3 Å². The van der Waals surface area contributed by atoms with Gasteiger partial charge in [0.05, 0.1) is 17.5 Å². The summed E-state index contributed by atoms with van der Waals surface area (Å²) in [6, 6.07) is 7.97. The van der Waals surface area contributed by atoms with Gasteiger partial charge in [-0.15, -0.1) is 11.3 Å². The molecule has 0 aliphatic heterocycles. The Morgan fingerprint density at radius 1 is 1.23 bits per heavy atom. The first kappa shape index (κ1) is 16.8. The number of anilines is 2. The highest BCUT2D eigenvalue weighted by Gasteiger charge is 2.08. The molecule has 2 aromatic rings. The van der Waals surface area contributed by atoms with Crippen LogP contribution in [-0.4, -0.2) is 24.2 Å². The lowest BCUT2D eigenvalue weighted by Gasteiger charge is -2.14. The number of thiazole rings is 1. The molecule has 0 fully saturated rings. The third-order valence-electron chi connectivity index (χ3n) is 3.03. The van der Waals surface area contributed by atoms with E-state index in [0.29, 0.717) is 0 Å². The van der Waals surface area contributed by atoms with E-state index in [1.165, 1.54) is 0 Å². The molecule has 22 heavy (non-hydrogen) atoms. The van der Waals surface area contributed by atoms with Gasteiger partial charge < -0.3 is 15.4 Å². The van der Waals surface area contributed by atoms with Crippen LogP contribution in [0.1, 0.15) is 32.9 Å². The Kier molecular flexibility index (Phi) is 6.68. The minimum absolute atomic E-state index is 0.152. The fraction of sp³-hybridized carbons (Fsp3) is 0.471. The number of nitrogens with one attached hydrogen (secondary N) is 2. The van der Waals surface area contributed by atoms with Crippen molar-refractivity contribution in [2.45, 2.75) is 39.7 Å². The molecule has 0 atom stereocenters. The molecule has 0 saturated heterocycles. The summed E-state index contributed by atoms with van der Waals surface area (Å²) in [5.41, 5.74) is 2.08. The van der Waals surface area contributed by atoms with E-state index in [1.807, 2.05) is 38.1 Å². The maximum Gasteiger partial charge on any atom is 0.187 e. The smallest absolute Gasteiger partial charge is 0.187 e. The van der Waals surface area contributed by atoms with E-state index in [9.17, 15) is 0 Å². The predicted octanol–water partition coefficient (Wildman–Crippen LogP) is 4.22. The Labute approximate surface area is 136 Å². The van der Waals surface area contributed by atoms with Gasteiger partial charge in [-0.05, 0) is 38.9 Å². The molecule has 4 nitrogen and oxygen atoms in total. The third kappa shape index (κ3) is 5.31. The Morgan fingerprint density at radius 3 is 2.82 bits per heavy atom. The van der Waals surface area contributed by atoms with Crippen LogP contribution >= 0.6 is 11.3 Å². The molecule has 120 valence electrons. The van der Waals surface area contributed by atoms with Gasteiger partial charge in [0.2, 0.25) is 0 Å². The number of benzene rings is 1. The Balaban J connectivity index is 1.95. The molecule has 0 radical (unpaired) electrons. The van der Waals surface area contributed by atoms with Crippen LogP contribution in [0.3, 0.4) is 0 Å². The zero-order chi connectivity index (χ0) is 15.8. The maximum absolute atomic E-state index is 5.82. The standard InChI is InChI=1S/C17H25N3OS/c1-4-10-18-11-9-14-12-22-17(19-14)20-15-7-5-6-8-16(15)21-13(2)3/h5-8,12-13,18H,4,9-11H2,1-3H3,(H,19,20). The molecule has 0 amide bonds. The number of rotatable bonds is 9. The van der Waals surface area contributed by atoms with Crippen LogP contribution < -0.4 is 15.4 Å². The van der Waals surface area contributed by atoms with Crippen LogP contribution in [0.25, 0.3) is 0 Å².